The fourth-order valence-electron chi connectivity index (χ4n) is 3.18. The van der Waals surface area contributed by atoms with Crippen molar-refractivity contribution in [2.24, 2.45) is 0 Å². The summed E-state index contributed by atoms with van der Waals surface area (Å²) in [7, 11) is 0. The summed E-state index contributed by atoms with van der Waals surface area (Å²) in [5, 5.41) is 0.666. The molecule has 0 N–H and O–H groups in total. The van der Waals surface area contributed by atoms with Crippen molar-refractivity contribution < 1.29 is 18.9 Å². The van der Waals surface area contributed by atoms with Crippen LogP contribution in [0.5, 0.6) is 23.0 Å². The van der Waals surface area contributed by atoms with E-state index in [0.717, 1.165) is 36.3 Å². The number of fused-ring (bicyclic) bond motifs is 1. The van der Waals surface area contributed by atoms with Crippen molar-refractivity contribution in [3.05, 3.63) is 57.6 Å². The van der Waals surface area contributed by atoms with Gasteiger partial charge in [-0.2, -0.15) is 0 Å². The van der Waals surface area contributed by atoms with Gasteiger partial charge in [-0.05, 0) is 51.0 Å². The average molecular weight is 472 g/mol. The van der Waals surface area contributed by atoms with E-state index in [0.29, 0.717) is 36.3 Å². The van der Waals surface area contributed by atoms with Crippen molar-refractivity contribution >= 4 is 34.8 Å². The Morgan fingerprint density at radius 3 is 2.47 bits per heavy atom. The lowest BCUT2D eigenvalue weighted by atomic mass is 10.0. The molecule has 1 aliphatic rings. The zero-order valence-electron chi connectivity index (χ0n) is 17.1. The molecule has 0 saturated carbocycles. The lowest BCUT2D eigenvalue weighted by molar-refractivity contribution is 0.132. The first kappa shape index (κ1) is 22.9. The maximum Gasteiger partial charge on any atom is 0.165 e. The SMILES string of the molecule is CC1(C)Cc2cc(Cl)cc(OCCCCOc3cccc(OCC=C(Cl)Cl)c3)c2O1. The molecule has 0 amide bonds. The molecule has 0 fully saturated rings. The van der Waals surface area contributed by atoms with Crippen LogP contribution in [-0.4, -0.2) is 25.4 Å². The minimum Gasteiger partial charge on any atom is -0.493 e. The average Bonchev–Trinajstić information content (AvgIpc) is 2.98. The van der Waals surface area contributed by atoms with Gasteiger partial charge < -0.3 is 18.9 Å². The normalized spacial score (nSPS) is 13.9. The van der Waals surface area contributed by atoms with Gasteiger partial charge in [0.05, 0.1) is 13.2 Å². The second-order valence-corrected chi connectivity index (χ2v) is 9.06. The van der Waals surface area contributed by atoms with Crippen LogP contribution in [0, 0.1) is 0 Å². The van der Waals surface area contributed by atoms with Gasteiger partial charge in [0.2, 0.25) is 0 Å². The fourth-order valence-corrected chi connectivity index (χ4v) is 3.54. The van der Waals surface area contributed by atoms with E-state index in [1.165, 1.54) is 0 Å². The van der Waals surface area contributed by atoms with E-state index in [9.17, 15) is 0 Å². The molecule has 30 heavy (non-hydrogen) atoms. The van der Waals surface area contributed by atoms with E-state index in [1.807, 2.05) is 36.4 Å². The minimum absolute atomic E-state index is 0.183. The summed E-state index contributed by atoms with van der Waals surface area (Å²) in [6, 6.07) is 11.2. The third-order valence-electron chi connectivity index (χ3n) is 4.45. The first-order chi connectivity index (χ1) is 14.3. The second kappa shape index (κ2) is 10.5. The van der Waals surface area contributed by atoms with Gasteiger partial charge in [0.15, 0.2) is 11.5 Å². The van der Waals surface area contributed by atoms with Crippen molar-refractivity contribution in [1.82, 2.24) is 0 Å². The highest BCUT2D eigenvalue weighted by Crippen LogP contribution is 2.43. The third kappa shape index (κ3) is 6.90. The highest BCUT2D eigenvalue weighted by Gasteiger charge is 2.32. The molecule has 0 atom stereocenters. The summed E-state index contributed by atoms with van der Waals surface area (Å²) in [6.45, 7) is 5.57. The van der Waals surface area contributed by atoms with Crippen LogP contribution in [0.4, 0.5) is 0 Å². The predicted molar refractivity (Wildman–Crippen MR) is 122 cm³/mol. The van der Waals surface area contributed by atoms with Crippen LogP contribution in [0.3, 0.4) is 0 Å². The van der Waals surface area contributed by atoms with Crippen LogP contribution in [0.1, 0.15) is 32.3 Å². The molecule has 0 aromatic heterocycles. The van der Waals surface area contributed by atoms with Gasteiger partial charge >= 0.3 is 0 Å². The van der Waals surface area contributed by atoms with Crippen LogP contribution in [-0.2, 0) is 6.42 Å². The zero-order chi connectivity index (χ0) is 21.6. The van der Waals surface area contributed by atoms with E-state index in [4.69, 9.17) is 53.8 Å². The number of hydrogen-bond donors (Lipinski definition) is 0. The highest BCUT2D eigenvalue weighted by molar-refractivity contribution is 6.55. The minimum atomic E-state index is -0.232. The maximum atomic E-state index is 6.23. The quantitative estimate of drug-likeness (QED) is 0.350. The van der Waals surface area contributed by atoms with Gasteiger partial charge in [-0.3, -0.25) is 0 Å². The zero-order valence-corrected chi connectivity index (χ0v) is 19.3. The Labute approximate surface area is 192 Å². The maximum absolute atomic E-state index is 6.23. The number of rotatable bonds is 10. The summed E-state index contributed by atoms with van der Waals surface area (Å²) < 4.78 is 23.5. The molecular weight excluding hydrogens is 447 g/mol. The van der Waals surface area contributed by atoms with Crippen molar-refractivity contribution in [3.63, 3.8) is 0 Å². The molecule has 0 bridgehead atoms. The Hall–Kier alpha value is -1.75. The topological polar surface area (TPSA) is 36.9 Å². The van der Waals surface area contributed by atoms with Crippen LogP contribution in [0.15, 0.2) is 47.0 Å². The molecule has 0 aliphatic carbocycles. The van der Waals surface area contributed by atoms with E-state index in [1.54, 1.807) is 6.08 Å². The summed E-state index contributed by atoms with van der Waals surface area (Å²) in [4.78, 5) is 0. The summed E-state index contributed by atoms with van der Waals surface area (Å²) in [5.74, 6) is 2.96. The van der Waals surface area contributed by atoms with Crippen molar-refractivity contribution in [2.75, 3.05) is 19.8 Å². The molecule has 3 rings (SSSR count). The summed E-state index contributed by atoms with van der Waals surface area (Å²) >= 11 is 17.4. The fraction of sp³-hybridized carbons (Fsp3) is 0.391. The number of benzene rings is 2. The molecule has 162 valence electrons. The monoisotopic (exact) mass is 470 g/mol. The van der Waals surface area contributed by atoms with Gasteiger partial charge in [0, 0.05) is 29.1 Å². The molecule has 0 radical (unpaired) electrons. The lowest BCUT2D eigenvalue weighted by Crippen LogP contribution is -2.24. The smallest absolute Gasteiger partial charge is 0.165 e. The molecule has 1 aliphatic heterocycles. The van der Waals surface area contributed by atoms with Gasteiger partial charge in [-0.25, -0.2) is 0 Å². The standard InChI is InChI=1S/C23H25Cl3O4/c1-23(2)15-16-12-17(24)13-20(22(16)30-23)29-10-4-3-9-27-18-6-5-7-19(14-18)28-11-8-21(25)26/h5-8,12-14H,3-4,9-11,15H2,1-2H3. The van der Waals surface area contributed by atoms with Crippen LogP contribution in [0.2, 0.25) is 5.02 Å². The number of unbranched alkanes of at least 4 members (excludes halogenated alkanes) is 1. The molecule has 1 heterocycles. The Kier molecular flexibility index (Phi) is 8.04. The largest absolute Gasteiger partial charge is 0.493 e. The predicted octanol–water partition coefficient (Wildman–Crippen LogP) is 6.99. The van der Waals surface area contributed by atoms with Crippen molar-refractivity contribution in [3.8, 4) is 23.0 Å². The van der Waals surface area contributed by atoms with Gasteiger partial charge in [-0.1, -0.05) is 40.9 Å². The van der Waals surface area contributed by atoms with Crippen LogP contribution in [0.25, 0.3) is 0 Å². The molecule has 4 nitrogen and oxygen atoms in total. The highest BCUT2D eigenvalue weighted by atomic mass is 35.5. The van der Waals surface area contributed by atoms with E-state index < -0.39 is 0 Å². The Balaban J connectivity index is 1.40. The van der Waals surface area contributed by atoms with Gasteiger partial charge in [0.1, 0.15) is 28.2 Å². The van der Waals surface area contributed by atoms with Gasteiger partial charge in [-0.15, -0.1) is 0 Å². The Bertz CT molecular complexity index is 892. The van der Waals surface area contributed by atoms with E-state index in [2.05, 4.69) is 13.8 Å². The molecular formula is C23H25Cl3O4. The Morgan fingerprint density at radius 1 is 1.03 bits per heavy atom. The number of hydrogen-bond acceptors (Lipinski definition) is 4. The third-order valence-corrected chi connectivity index (χ3v) is 4.98. The van der Waals surface area contributed by atoms with Crippen LogP contribution < -0.4 is 18.9 Å². The Morgan fingerprint density at radius 2 is 1.73 bits per heavy atom. The molecule has 0 unspecified atom stereocenters. The molecule has 0 saturated heterocycles. The summed E-state index contributed by atoms with van der Waals surface area (Å²) in [6.07, 6.45) is 4.10. The van der Waals surface area contributed by atoms with Crippen molar-refractivity contribution in [2.45, 2.75) is 38.7 Å². The molecule has 2 aromatic rings. The number of halogens is 3. The van der Waals surface area contributed by atoms with Crippen molar-refractivity contribution in [1.29, 1.82) is 0 Å². The lowest BCUT2D eigenvalue weighted by Gasteiger charge is -2.18. The summed E-state index contributed by atoms with van der Waals surface area (Å²) in [5.41, 5.74) is 0.862. The molecule has 7 heteroatoms. The van der Waals surface area contributed by atoms with Gasteiger partial charge in [0.25, 0.3) is 0 Å². The molecule has 2 aromatic carbocycles. The first-order valence-electron chi connectivity index (χ1n) is 9.83. The first-order valence-corrected chi connectivity index (χ1v) is 11.0. The number of ether oxygens (including phenoxy) is 4. The molecule has 0 spiro atoms. The second-order valence-electron chi connectivity index (χ2n) is 7.61. The van der Waals surface area contributed by atoms with E-state index >= 15 is 0 Å². The van der Waals surface area contributed by atoms with Crippen LogP contribution >= 0.6 is 34.8 Å². The van der Waals surface area contributed by atoms with E-state index in [-0.39, 0.29) is 10.1 Å².